The number of hydrogen-bond acceptors (Lipinski definition) is 2. The van der Waals surface area contributed by atoms with Crippen LogP contribution in [0, 0.1) is 6.92 Å². The lowest BCUT2D eigenvalue weighted by molar-refractivity contribution is 0.767. The predicted octanol–water partition coefficient (Wildman–Crippen LogP) is 13.9. The van der Waals surface area contributed by atoms with Crippen molar-refractivity contribution in [2.45, 2.75) is 12.3 Å². The third-order valence-electron chi connectivity index (χ3n) is 10.8. The Morgan fingerprint density at radius 2 is 1.02 bits per heavy atom. The minimum Gasteiger partial charge on any atom is -0.310 e. The van der Waals surface area contributed by atoms with Crippen LogP contribution in [0.3, 0.4) is 0 Å². The minimum atomic E-state index is -0.481. The monoisotopic (exact) mass is 681 g/mol. The predicted molar refractivity (Wildman–Crippen MR) is 221 cm³/mol. The van der Waals surface area contributed by atoms with Gasteiger partial charge in [0, 0.05) is 37.2 Å². The molecule has 1 nitrogen and oxygen atoms in total. The molecule has 0 fully saturated rings. The van der Waals surface area contributed by atoms with Gasteiger partial charge in [0.15, 0.2) is 0 Å². The second-order valence-electron chi connectivity index (χ2n) is 13.8. The zero-order valence-electron chi connectivity index (χ0n) is 28.8. The summed E-state index contributed by atoms with van der Waals surface area (Å²) in [5, 5.41) is 2.59. The quantitative estimate of drug-likeness (QED) is 0.169. The zero-order chi connectivity index (χ0) is 34.6. The van der Waals surface area contributed by atoms with Gasteiger partial charge < -0.3 is 4.90 Å². The average Bonchev–Trinajstić information content (AvgIpc) is 3.72. The Balaban J connectivity index is 1.23. The number of nitrogens with zero attached hydrogens (tertiary/aromatic N) is 1. The number of anilines is 3. The topological polar surface area (TPSA) is 3.24 Å². The fourth-order valence-electron chi connectivity index (χ4n) is 8.50. The molecule has 2 heteroatoms. The van der Waals surface area contributed by atoms with Crippen LogP contribution in [0.4, 0.5) is 17.1 Å². The van der Waals surface area contributed by atoms with Crippen molar-refractivity contribution in [1.82, 2.24) is 0 Å². The van der Waals surface area contributed by atoms with E-state index in [4.69, 9.17) is 0 Å². The second-order valence-corrected chi connectivity index (χ2v) is 14.9. The van der Waals surface area contributed by atoms with Crippen LogP contribution in [0.5, 0.6) is 0 Å². The molecule has 10 rings (SSSR count). The summed E-state index contributed by atoms with van der Waals surface area (Å²) in [7, 11) is 0. The molecule has 1 atom stereocenters. The number of benzene rings is 8. The van der Waals surface area contributed by atoms with Gasteiger partial charge in [-0.05, 0) is 100.0 Å². The maximum atomic E-state index is 2.46. The van der Waals surface area contributed by atoms with Gasteiger partial charge >= 0.3 is 0 Å². The molecule has 1 unspecified atom stereocenters. The van der Waals surface area contributed by atoms with E-state index in [1.165, 1.54) is 70.2 Å². The highest BCUT2D eigenvalue weighted by molar-refractivity contribution is 7.25. The summed E-state index contributed by atoms with van der Waals surface area (Å²) in [6, 6.07) is 71.7. The van der Waals surface area contributed by atoms with E-state index in [1.54, 1.807) is 0 Å². The first-order valence-corrected chi connectivity index (χ1v) is 18.7. The highest BCUT2D eigenvalue weighted by Crippen LogP contribution is 2.57. The van der Waals surface area contributed by atoms with Gasteiger partial charge in [0.2, 0.25) is 0 Å². The first-order chi connectivity index (χ1) is 25.7. The first kappa shape index (κ1) is 30.6. The summed E-state index contributed by atoms with van der Waals surface area (Å²) in [4.78, 5) is 2.44. The van der Waals surface area contributed by atoms with Crippen LogP contribution in [-0.2, 0) is 5.41 Å². The zero-order valence-corrected chi connectivity index (χ0v) is 29.6. The average molecular weight is 682 g/mol. The number of rotatable bonds is 6. The molecule has 0 saturated carbocycles. The largest absolute Gasteiger partial charge is 0.310 e. The molecule has 246 valence electrons. The molecule has 0 aliphatic heterocycles. The van der Waals surface area contributed by atoms with Crippen LogP contribution in [0.1, 0.15) is 27.8 Å². The Bertz CT molecular complexity index is 2740. The summed E-state index contributed by atoms with van der Waals surface area (Å²) in [5.74, 6) is 0. The molecule has 0 radical (unpaired) electrons. The summed E-state index contributed by atoms with van der Waals surface area (Å²) < 4.78 is 2.62. The van der Waals surface area contributed by atoms with E-state index in [9.17, 15) is 0 Å². The number of thiophene rings is 1. The molecule has 52 heavy (non-hydrogen) atoms. The Labute approximate surface area is 308 Å². The van der Waals surface area contributed by atoms with Gasteiger partial charge in [-0.15, -0.1) is 11.3 Å². The molecule has 1 aromatic heterocycles. The van der Waals surface area contributed by atoms with Crippen molar-refractivity contribution in [1.29, 1.82) is 0 Å². The lowest BCUT2D eigenvalue weighted by atomic mass is 9.67. The van der Waals surface area contributed by atoms with Crippen molar-refractivity contribution in [3.8, 4) is 22.3 Å². The molecule has 0 bridgehead atoms. The van der Waals surface area contributed by atoms with E-state index in [1.807, 2.05) is 11.3 Å². The SMILES string of the molecule is Cc1cccc(C2(c3ccccc3)c3ccccc3-c3ccc(N(c4ccc(-c5ccccc5)cc4)c4ccc5sc6ccccc6c5c4)cc32)c1. The maximum Gasteiger partial charge on any atom is 0.0714 e. The summed E-state index contributed by atoms with van der Waals surface area (Å²) in [6.07, 6.45) is 0. The van der Waals surface area contributed by atoms with Gasteiger partial charge in [-0.25, -0.2) is 0 Å². The van der Waals surface area contributed by atoms with E-state index in [0.29, 0.717) is 0 Å². The van der Waals surface area contributed by atoms with Crippen molar-refractivity contribution < 1.29 is 0 Å². The highest BCUT2D eigenvalue weighted by Gasteiger charge is 2.46. The van der Waals surface area contributed by atoms with E-state index in [0.717, 1.165) is 17.1 Å². The number of aryl methyl sites for hydroxylation is 1. The fourth-order valence-corrected chi connectivity index (χ4v) is 9.58. The smallest absolute Gasteiger partial charge is 0.0714 e. The molecule has 0 amide bonds. The van der Waals surface area contributed by atoms with Crippen molar-refractivity contribution in [3.63, 3.8) is 0 Å². The normalized spacial score (nSPS) is 14.7. The van der Waals surface area contributed by atoms with Crippen LogP contribution in [0.15, 0.2) is 194 Å². The Morgan fingerprint density at radius 3 is 1.85 bits per heavy atom. The molecule has 0 N–H and O–H groups in total. The molecule has 0 saturated heterocycles. The molecular formula is C50H35NS. The first-order valence-electron chi connectivity index (χ1n) is 17.9. The van der Waals surface area contributed by atoms with Gasteiger partial charge in [0.25, 0.3) is 0 Å². The molecule has 0 spiro atoms. The van der Waals surface area contributed by atoms with Gasteiger partial charge in [0.05, 0.1) is 5.41 Å². The molecule has 9 aromatic rings. The Kier molecular flexibility index (Phi) is 7.19. The summed E-state index contributed by atoms with van der Waals surface area (Å²) in [5.41, 5.74) is 14.3. The van der Waals surface area contributed by atoms with Gasteiger partial charge in [-0.2, -0.15) is 0 Å². The highest BCUT2D eigenvalue weighted by atomic mass is 32.1. The Morgan fingerprint density at radius 1 is 0.404 bits per heavy atom. The van der Waals surface area contributed by atoms with E-state index in [2.05, 4.69) is 206 Å². The molecule has 8 aromatic carbocycles. The Hall–Kier alpha value is -6.22. The van der Waals surface area contributed by atoms with Crippen molar-refractivity contribution in [2.75, 3.05) is 4.90 Å². The lowest BCUT2D eigenvalue weighted by Gasteiger charge is -2.35. The van der Waals surface area contributed by atoms with Crippen LogP contribution < -0.4 is 4.90 Å². The molecule has 1 aliphatic rings. The number of hydrogen-bond donors (Lipinski definition) is 0. The summed E-state index contributed by atoms with van der Waals surface area (Å²) >= 11 is 1.86. The van der Waals surface area contributed by atoms with Crippen molar-refractivity contribution in [3.05, 3.63) is 222 Å². The van der Waals surface area contributed by atoms with Gasteiger partial charge in [-0.1, -0.05) is 151 Å². The molecule has 1 aliphatic carbocycles. The van der Waals surface area contributed by atoms with E-state index >= 15 is 0 Å². The molecule has 1 heterocycles. The lowest BCUT2D eigenvalue weighted by Crippen LogP contribution is -2.29. The number of fused-ring (bicyclic) bond motifs is 6. The minimum absolute atomic E-state index is 0.481. The van der Waals surface area contributed by atoms with Gasteiger partial charge in [-0.3, -0.25) is 0 Å². The van der Waals surface area contributed by atoms with Crippen molar-refractivity contribution in [2.24, 2.45) is 0 Å². The third kappa shape index (κ3) is 4.76. The van der Waals surface area contributed by atoms with Crippen molar-refractivity contribution >= 4 is 48.6 Å². The maximum absolute atomic E-state index is 2.46. The van der Waals surface area contributed by atoms with Crippen LogP contribution in [0.25, 0.3) is 42.4 Å². The van der Waals surface area contributed by atoms with Crippen LogP contribution in [0.2, 0.25) is 0 Å². The van der Waals surface area contributed by atoms with Gasteiger partial charge in [0.1, 0.15) is 0 Å². The van der Waals surface area contributed by atoms with Crippen LogP contribution in [-0.4, -0.2) is 0 Å². The van der Waals surface area contributed by atoms with Crippen LogP contribution >= 0.6 is 11.3 Å². The second kappa shape index (κ2) is 12.2. The fraction of sp³-hybridized carbons (Fsp3) is 0.0400. The van der Waals surface area contributed by atoms with E-state index < -0.39 is 5.41 Å². The standard InChI is InChI=1S/C50H35NS/c1-34-13-12-18-38(31-34)50(37-16-6-3-7-17-37)46-21-10-8-19-42(46)43-29-27-41(33-47(43)50)51(39-25-23-36(24-26-39)35-14-4-2-5-15-35)40-28-30-49-45(32-40)44-20-9-11-22-48(44)52-49/h2-33H,1H3. The summed E-state index contributed by atoms with van der Waals surface area (Å²) in [6.45, 7) is 2.20. The third-order valence-corrected chi connectivity index (χ3v) is 11.9. The van der Waals surface area contributed by atoms with E-state index in [-0.39, 0.29) is 0 Å². The molecular weight excluding hydrogens is 647 g/mol.